The Hall–Kier alpha value is -2.74. The van der Waals surface area contributed by atoms with E-state index in [0.29, 0.717) is 0 Å². The van der Waals surface area contributed by atoms with E-state index in [9.17, 15) is 22.8 Å². The van der Waals surface area contributed by atoms with Crippen molar-refractivity contribution in [2.24, 2.45) is 0 Å². The molecule has 0 fully saturated rings. The second-order valence-electron chi connectivity index (χ2n) is 4.36. The van der Waals surface area contributed by atoms with Crippen LogP contribution in [0.4, 0.5) is 0 Å². The summed E-state index contributed by atoms with van der Waals surface area (Å²) in [5.74, 6) is -3.94. The van der Waals surface area contributed by atoms with Crippen LogP contribution in [0.5, 0.6) is 0 Å². The first kappa shape index (κ1) is 15.6. The van der Waals surface area contributed by atoms with Gasteiger partial charge in [0.2, 0.25) is 15.6 Å². The number of ketones is 2. The molecule has 1 aromatic heterocycles. The number of aromatic nitrogens is 1. The van der Waals surface area contributed by atoms with Crippen LogP contribution in [0.25, 0.3) is 0 Å². The minimum Gasteiger partial charge on any atom is -0.475 e. The molecule has 0 radical (unpaired) electrons. The maximum absolute atomic E-state index is 12.5. The zero-order valence-corrected chi connectivity index (χ0v) is 12.0. The van der Waals surface area contributed by atoms with Crippen molar-refractivity contribution in [1.29, 1.82) is 0 Å². The summed E-state index contributed by atoms with van der Waals surface area (Å²) in [6.07, 6.45) is 0.335. The standard InChI is InChI=1S/C14H11NO6S/c16-10(8-11(17)14(18)19)13-12(6-7-15-13)22(20,21)9-4-2-1-3-5-9/h1-7,15H,8H2,(H,18,19). The van der Waals surface area contributed by atoms with Crippen LogP contribution in [0.2, 0.25) is 0 Å². The number of carbonyl (C=O) groups is 3. The third-order valence-corrected chi connectivity index (χ3v) is 4.70. The number of H-pyrrole nitrogens is 1. The van der Waals surface area contributed by atoms with E-state index >= 15 is 0 Å². The van der Waals surface area contributed by atoms with Gasteiger partial charge in [-0.2, -0.15) is 0 Å². The van der Waals surface area contributed by atoms with Crippen LogP contribution in [0.3, 0.4) is 0 Å². The smallest absolute Gasteiger partial charge is 0.372 e. The number of benzene rings is 1. The summed E-state index contributed by atoms with van der Waals surface area (Å²) in [5, 5.41) is 8.51. The molecule has 8 heteroatoms. The summed E-state index contributed by atoms with van der Waals surface area (Å²) < 4.78 is 24.9. The zero-order valence-electron chi connectivity index (χ0n) is 11.1. The number of sulfone groups is 1. The van der Waals surface area contributed by atoms with Crippen LogP contribution in [0, 0.1) is 0 Å². The number of aliphatic carboxylic acids is 1. The Morgan fingerprint density at radius 3 is 2.27 bits per heavy atom. The lowest BCUT2D eigenvalue weighted by molar-refractivity contribution is -0.148. The Morgan fingerprint density at radius 2 is 1.68 bits per heavy atom. The number of carboxylic acids is 1. The van der Waals surface area contributed by atoms with E-state index in [1.807, 2.05) is 0 Å². The molecule has 2 N–H and O–H groups in total. The number of aromatic amines is 1. The predicted molar refractivity (Wildman–Crippen MR) is 74.3 cm³/mol. The zero-order chi connectivity index (χ0) is 16.3. The van der Waals surface area contributed by atoms with Gasteiger partial charge < -0.3 is 10.1 Å². The first-order valence-corrected chi connectivity index (χ1v) is 7.59. The second kappa shape index (κ2) is 5.94. The van der Waals surface area contributed by atoms with Gasteiger partial charge in [0, 0.05) is 6.20 Å². The van der Waals surface area contributed by atoms with Crippen molar-refractivity contribution in [3.8, 4) is 0 Å². The van der Waals surface area contributed by atoms with E-state index in [-0.39, 0.29) is 15.5 Å². The predicted octanol–water partition coefficient (Wildman–Crippen LogP) is 1.07. The molecule has 2 aromatic rings. The Bertz CT molecular complexity index is 835. The molecule has 7 nitrogen and oxygen atoms in total. The van der Waals surface area contributed by atoms with E-state index in [1.54, 1.807) is 6.07 Å². The van der Waals surface area contributed by atoms with Crippen molar-refractivity contribution in [3.63, 3.8) is 0 Å². The molecule has 114 valence electrons. The van der Waals surface area contributed by atoms with Gasteiger partial charge in [-0.25, -0.2) is 13.2 Å². The summed E-state index contributed by atoms with van der Waals surface area (Å²) in [4.78, 5) is 35.7. The average molecular weight is 321 g/mol. The van der Waals surface area contributed by atoms with Gasteiger partial charge in [0.25, 0.3) is 0 Å². The summed E-state index contributed by atoms with van der Waals surface area (Å²) in [7, 11) is -3.94. The fourth-order valence-electron chi connectivity index (χ4n) is 1.83. The molecule has 0 saturated carbocycles. The third-order valence-electron chi connectivity index (χ3n) is 2.89. The van der Waals surface area contributed by atoms with Crippen molar-refractivity contribution in [2.45, 2.75) is 16.2 Å². The topological polar surface area (TPSA) is 121 Å². The number of carboxylic acid groups (broad SMARTS) is 1. The molecule has 0 atom stereocenters. The lowest BCUT2D eigenvalue weighted by atomic mass is 10.1. The van der Waals surface area contributed by atoms with Gasteiger partial charge in [-0.3, -0.25) is 9.59 Å². The first-order chi connectivity index (χ1) is 10.3. The maximum atomic E-state index is 12.5. The van der Waals surface area contributed by atoms with Crippen LogP contribution in [-0.4, -0.2) is 36.0 Å². The lowest BCUT2D eigenvalue weighted by Gasteiger charge is -2.05. The quantitative estimate of drug-likeness (QED) is 0.466. The molecule has 0 spiro atoms. The largest absolute Gasteiger partial charge is 0.475 e. The summed E-state index contributed by atoms with van der Waals surface area (Å²) in [6, 6.07) is 8.66. The summed E-state index contributed by atoms with van der Waals surface area (Å²) >= 11 is 0. The van der Waals surface area contributed by atoms with E-state index in [1.165, 1.54) is 36.5 Å². The molecule has 1 heterocycles. The minimum absolute atomic E-state index is 0.00629. The second-order valence-corrected chi connectivity index (χ2v) is 6.28. The summed E-state index contributed by atoms with van der Waals surface area (Å²) in [5.41, 5.74) is -0.307. The van der Waals surface area contributed by atoms with Crippen LogP contribution in [0.15, 0.2) is 52.4 Å². The molecule has 0 bridgehead atoms. The van der Waals surface area contributed by atoms with Crippen molar-refractivity contribution in [2.75, 3.05) is 0 Å². The molecule has 1 aromatic carbocycles. The molecular weight excluding hydrogens is 310 g/mol. The number of hydrogen-bond acceptors (Lipinski definition) is 5. The molecule has 0 aliphatic heterocycles. The third kappa shape index (κ3) is 2.96. The molecule has 0 amide bonds. The van der Waals surface area contributed by atoms with Gasteiger partial charge in [0.05, 0.1) is 11.3 Å². The Kier molecular flexibility index (Phi) is 4.22. The maximum Gasteiger partial charge on any atom is 0.372 e. The van der Waals surface area contributed by atoms with Crippen molar-refractivity contribution >= 4 is 27.4 Å². The van der Waals surface area contributed by atoms with E-state index < -0.39 is 33.8 Å². The highest BCUT2D eigenvalue weighted by atomic mass is 32.2. The fourth-order valence-corrected chi connectivity index (χ4v) is 3.29. The lowest BCUT2D eigenvalue weighted by Crippen LogP contribution is -2.18. The van der Waals surface area contributed by atoms with Crippen LogP contribution < -0.4 is 0 Å². The average Bonchev–Trinajstić information content (AvgIpc) is 2.98. The molecular formula is C14H11NO6S. The van der Waals surface area contributed by atoms with Crippen molar-refractivity contribution in [1.82, 2.24) is 4.98 Å². The van der Waals surface area contributed by atoms with Gasteiger partial charge >= 0.3 is 5.97 Å². The summed E-state index contributed by atoms with van der Waals surface area (Å²) in [6.45, 7) is 0. The van der Waals surface area contributed by atoms with Crippen LogP contribution in [-0.2, 0) is 19.4 Å². The Balaban J connectivity index is 2.40. The number of nitrogens with one attached hydrogen (secondary N) is 1. The van der Waals surface area contributed by atoms with Gasteiger partial charge in [0.1, 0.15) is 10.6 Å². The van der Waals surface area contributed by atoms with Gasteiger partial charge in [-0.05, 0) is 18.2 Å². The Morgan fingerprint density at radius 1 is 1.05 bits per heavy atom. The monoisotopic (exact) mass is 321 g/mol. The van der Waals surface area contributed by atoms with Crippen LogP contribution in [0.1, 0.15) is 16.9 Å². The molecule has 0 aliphatic carbocycles. The molecule has 0 saturated heterocycles. The van der Waals surface area contributed by atoms with Crippen molar-refractivity contribution < 1.29 is 27.9 Å². The van der Waals surface area contributed by atoms with Crippen molar-refractivity contribution in [3.05, 3.63) is 48.3 Å². The highest BCUT2D eigenvalue weighted by Gasteiger charge is 2.27. The molecule has 0 aliphatic rings. The number of hydrogen-bond donors (Lipinski definition) is 2. The van der Waals surface area contributed by atoms with E-state index in [0.717, 1.165) is 0 Å². The first-order valence-electron chi connectivity index (χ1n) is 6.11. The van der Waals surface area contributed by atoms with Gasteiger partial charge in [-0.15, -0.1) is 0 Å². The number of carbonyl (C=O) groups excluding carboxylic acids is 2. The normalized spacial score (nSPS) is 11.1. The van der Waals surface area contributed by atoms with E-state index in [4.69, 9.17) is 5.11 Å². The number of Topliss-reactive ketones (excluding diaryl/α,β-unsaturated/α-hetero) is 2. The fraction of sp³-hybridized carbons (Fsp3) is 0.0714. The number of rotatable bonds is 6. The SMILES string of the molecule is O=C(O)C(=O)CC(=O)c1[nH]ccc1S(=O)(=O)c1ccccc1. The highest BCUT2D eigenvalue weighted by Crippen LogP contribution is 2.24. The highest BCUT2D eigenvalue weighted by molar-refractivity contribution is 7.91. The van der Waals surface area contributed by atoms with Gasteiger partial charge in [-0.1, -0.05) is 18.2 Å². The molecule has 0 unspecified atom stereocenters. The van der Waals surface area contributed by atoms with E-state index in [2.05, 4.69) is 4.98 Å². The van der Waals surface area contributed by atoms with Gasteiger partial charge in [0.15, 0.2) is 5.78 Å². The van der Waals surface area contributed by atoms with Crippen LogP contribution >= 0.6 is 0 Å². The minimum atomic E-state index is -3.94. The molecule has 2 rings (SSSR count). The Labute approximate surface area is 125 Å². The molecule has 22 heavy (non-hydrogen) atoms.